The number of hydrogen-bond acceptors (Lipinski definition) is 4. The fourth-order valence-corrected chi connectivity index (χ4v) is 2.56. The summed E-state index contributed by atoms with van der Waals surface area (Å²) in [5, 5.41) is 14.5. The molecule has 0 aliphatic heterocycles. The molecule has 0 amide bonds. The molecule has 0 spiro atoms. The number of amidine groups is 1. The molecule has 0 bridgehead atoms. The Morgan fingerprint density at radius 1 is 1.60 bits per heavy atom. The van der Waals surface area contributed by atoms with E-state index in [0.717, 1.165) is 23.3 Å². The van der Waals surface area contributed by atoms with E-state index >= 15 is 0 Å². The van der Waals surface area contributed by atoms with E-state index in [-0.39, 0.29) is 5.84 Å². The number of nitrogens with zero attached hydrogens (tertiary/aromatic N) is 1. The lowest BCUT2D eigenvalue weighted by molar-refractivity contribution is 0.316. The lowest BCUT2D eigenvalue weighted by Gasteiger charge is -2.01. The molecule has 0 fully saturated rings. The third kappa shape index (κ3) is 5.15. The summed E-state index contributed by atoms with van der Waals surface area (Å²) in [4.78, 5) is 1.30. The average molecular weight is 292 g/mol. The van der Waals surface area contributed by atoms with Crippen LogP contribution in [0.2, 0.25) is 0 Å². The Bertz CT molecular complexity index is 327. The van der Waals surface area contributed by atoms with E-state index in [9.17, 15) is 0 Å². The molecule has 4 N–H and O–H groups in total. The summed E-state index contributed by atoms with van der Waals surface area (Å²) in [5.74, 6) is 0.288. The molecule has 0 aromatic carbocycles. The van der Waals surface area contributed by atoms with Crippen molar-refractivity contribution in [3.05, 3.63) is 20.8 Å². The SMILES string of the molecule is NC(CCCNCc1ccc(Br)s1)=NO. The second kappa shape index (κ2) is 6.81. The van der Waals surface area contributed by atoms with Gasteiger partial charge in [0, 0.05) is 17.8 Å². The van der Waals surface area contributed by atoms with Gasteiger partial charge < -0.3 is 16.3 Å². The normalized spacial score (nSPS) is 11.9. The lowest BCUT2D eigenvalue weighted by Crippen LogP contribution is -2.18. The van der Waals surface area contributed by atoms with Crippen molar-refractivity contribution in [2.45, 2.75) is 19.4 Å². The first-order chi connectivity index (χ1) is 7.22. The molecule has 84 valence electrons. The highest BCUT2D eigenvalue weighted by atomic mass is 79.9. The van der Waals surface area contributed by atoms with Gasteiger partial charge in [0.1, 0.15) is 5.84 Å². The van der Waals surface area contributed by atoms with Crippen LogP contribution in [0.25, 0.3) is 0 Å². The van der Waals surface area contributed by atoms with Gasteiger partial charge in [-0.1, -0.05) is 5.16 Å². The first kappa shape index (κ1) is 12.5. The second-order valence-electron chi connectivity index (χ2n) is 3.08. The smallest absolute Gasteiger partial charge is 0.139 e. The molecule has 0 aliphatic carbocycles. The van der Waals surface area contributed by atoms with Crippen molar-refractivity contribution in [3.8, 4) is 0 Å². The zero-order valence-corrected chi connectivity index (χ0v) is 10.6. The van der Waals surface area contributed by atoms with Gasteiger partial charge in [0.2, 0.25) is 0 Å². The van der Waals surface area contributed by atoms with E-state index in [4.69, 9.17) is 10.9 Å². The van der Waals surface area contributed by atoms with Crippen LogP contribution in [0.15, 0.2) is 21.1 Å². The quantitative estimate of drug-likeness (QED) is 0.247. The molecule has 0 atom stereocenters. The zero-order valence-electron chi connectivity index (χ0n) is 8.24. The van der Waals surface area contributed by atoms with Crippen LogP contribution in [-0.2, 0) is 6.54 Å². The minimum Gasteiger partial charge on any atom is -0.409 e. The van der Waals surface area contributed by atoms with Crippen LogP contribution in [0.3, 0.4) is 0 Å². The van der Waals surface area contributed by atoms with E-state index in [2.05, 4.69) is 32.5 Å². The summed E-state index contributed by atoms with van der Waals surface area (Å²) in [6, 6.07) is 4.13. The molecule has 0 saturated carbocycles. The molecular formula is C9H14BrN3OS. The summed E-state index contributed by atoms with van der Waals surface area (Å²) in [6.07, 6.45) is 1.50. The number of halogens is 1. The van der Waals surface area contributed by atoms with Crippen LogP contribution in [-0.4, -0.2) is 17.6 Å². The van der Waals surface area contributed by atoms with Crippen molar-refractivity contribution in [1.29, 1.82) is 0 Å². The topological polar surface area (TPSA) is 70.6 Å². The highest BCUT2D eigenvalue weighted by molar-refractivity contribution is 9.11. The minimum atomic E-state index is 0.288. The van der Waals surface area contributed by atoms with Crippen molar-refractivity contribution >= 4 is 33.1 Å². The van der Waals surface area contributed by atoms with Crippen molar-refractivity contribution in [1.82, 2.24) is 5.32 Å². The molecular weight excluding hydrogens is 278 g/mol. The molecule has 4 nitrogen and oxygen atoms in total. The molecule has 1 heterocycles. The predicted octanol–water partition coefficient (Wildman–Crippen LogP) is 2.13. The maximum Gasteiger partial charge on any atom is 0.139 e. The van der Waals surface area contributed by atoms with Gasteiger partial charge in [0.15, 0.2) is 0 Å². The number of rotatable bonds is 6. The van der Waals surface area contributed by atoms with Gasteiger partial charge in [-0.05, 0) is 41.0 Å². The molecule has 1 aromatic heterocycles. The summed E-state index contributed by atoms with van der Waals surface area (Å²) in [5.41, 5.74) is 5.34. The zero-order chi connectivity index (χ0) is 11.1. The van der Waals surface area contributed by atoms with E-state index in [1.165, 1.54) is 4.88 Å². The highest BCUT2D eigenvalue weighted by Crippen LogP contribution is 2.21. The predicted molar refractivity (Wildman–Crippen MR) is 66.4 cm³/mol. The maximum absolute atomic E-state index is 8.31. The first-order valence-electron chi connectivity index (χ1n) is 4.63. The highest BCUT2D eigenvalue weighted by Gasteiger charge is 1.97. The van der Waals surface area contributed by atoms with Gasteiger partial charge in [-0.2, -0.15) is 0 Å². The van der Waals surface area contributed by atoms with Crippen molar-refractivity contribution in [2.75, 3.05) is 6.54 Å². The Labute approximate surface area is 101 Å². The molecule has 0 radical (unpaired) electrons. The van der Waals surface area contributed by atoms with Crippen molar-refractivity contribution in [3.63, 3.8) is 0 Å². The van der Waals surface area contributed by atoms with Crippen LogP contribution in [0.4, 0.5) is 0 Å². The van der Waals surface area contributed by atoms with Gasteiger partial charge in [-0.3, -0.25) is 0 Å². The van der Waals surface area contributed by atoms with E-state index in [1.54, 1.807) is 11.3 Å². The largest absolute Gasteiger partial charge is 0.409 e. The summed E-state index contributed by atoms with van der Waals surface area (Å²) < 4.78 is 1.15. The molecule has 15 heavy (non-hydrogen) atoms. The van der Waals surface area contributed by atoms with Crippen LogP contribution < -0.4 is 11.1 Å². The number of hydrogen-bond donors (Lipinski definition) is 3. The third-order valence-electron chi connectivity index (χ3n) is 1.84. The van der Waals surface area contributed by atoms with E-state index in [0.29, 0.717) is 6.42 Å². The van der Waals surface area contributed by atoms with Gasteiger partial charge in [-0.15, -0.1) is 11.3 Å². The molecule has 1 aromatic rings. The molecule has 1 rings (SSSR count). The standard InChI is InChI=1S/C9H14BrN3OS/c10-8-4-3-7(15-8)6-12-5-1-2-9(11)13-14/h3-4,12,14H,1-2,5-6H2,(H2,11,13). The van der Waals surface area contributed by atoms with Crippen molar-refractivity contribution in [2.24, 2.45) is 10.9 Å². The Morgan fingerprint density at radius 3 is 3.00 bits per heavy atom. The third-order valence-corrected chi connectivity index (χ3v) is 3.47. The van der Waals surface area contributed by atoms with Gasteiger partial charge in [0.25, 0.3) is 0 Å². The van der Waals surface area contributed by atoms with Crippen LogP contribution in [0.5, 0.6) is 0 Å². The Kier molecular flexibility index (Phi) is 5.67. The average Bonchev–Trinajstić information content (AvgIpc) is 2.63. The van der Waals surface area contributed by atoms with Gasteiger partial charge in [0.05, 0.1) is 3.79 Å². The summed E-state index contributed by atoms with van der Waals surface area (Å²) >= 11 is 5.14. The molecule has 6 heteroatoms. The summed E-state index contributed by atoms with van der Waals surface area (Å²) in [7, 11) is 0. The monoisotopic (exact) mass is 291 g/mol. The van der Waals surface area contributed by atoms with Gasteiger partial charge >= 0.3 is 0 Å². The number of nitrogens with two attached hydrogens (primary N) is 1. The fraction of sp³-hybridized carbons (Fsp3) is 0.444. The van der Waals surface area contributed by atoms with E-state index in [1.807, 2.05) is 6.07 Å². The molecule has 0 saturated heterocycles. The first-order valence-corrected chi connectivity index (χ1v) is 6.24. The fourth-order valence-electron chi connectivity index (χ4n) is 1.10. The van der Waals surface area contributed by atoms with E-state index < -0.39 is 0 Å². The molecule has 0 unspecified atom stereocenters. The summed E-state index contributed by atoms with van der Waals surface area (Å²) in [6.45, 7) is 1.73. The second-order valence-corrected chi connectivity index (χ2v) is 5.63. The maximum atomic E-state index is 8.31. The number of oxime groups is 1. The van der Waals surface area contributed by atoms with Crippen LogP contribution >= 0.6 is 27.3 Å². The lowest BCUT2D eigenvalue weighted by atomic mass is 10.3. The molecule has 0 aliphatic rings. The Balaban J connectivity index is 2.07. The Hall–Kier alpha value is -0.590. The number of thiophene rings is 1. The minimum absolute atomic E-state index is 0.288. The van der Waals surface area contributed by atoms with Crippen LogP contribution in [0, 0.1) is 0 Å². The Morgan fingerprint density at radius 2 is 2.40 bits per heavy atom. The van der Waals surface area contributed by atoms with Crippen molar-refractivity contribution < 1.29 is 5.21 Å². The number of nitrogens with one attached hydrogen (secondary N) is 1. The van der Waals surface area contributed by atoms with Crippen LogP contribution in [0.1, 0.15) is 17.7 Å². The van der Waals surface area contributed by atoms with Gasteiger partial charge in [-0.25, -0.2) is 0 Å².